The Kier molecular flexibility index (Phi) is 9.31. The highest BCUT2D eigenvalue weighted by Gasteiger charge is 2.03. The first-order valence-electron chi connectivity index (χ1n) is 3.99. The second-order valence-corrected chi connectivity index (χ2v) is 1.79. The van der Waals surface area contributed by atoms with Gasteiger partial charge in [0.1, 0.15) is 11.7 Å². The summed E-state index contributed by atoms with van der Waals surface area (Å²) in [5.41, 5.74) is -0.00463. The van der Waals surface area contributed by atoms with Gasteiger partial charge in [-0.3, -0.25) is 0 Å². The molecule has 0 radical (unpaired) electrons. The summed E-state index contributed by atoms with van der Waals surface area (Å²) in [6.07, 6.45) is 1.27. The van der Waals surface area contributed by atoms with Gasteiger partial charge in [0.05, 0.1) is 0 Å². The zero-order valence-electron chi connectivity index (χ0n) is 7.95. The topological polar surface area (TPSA) is 0 Å². The molecule has 12 heavy (non-hydrogen) atoms. The molecule has 0 amide bonds. The van der Waals surface area contributed by atoms with E-state index in [1.54, 1.807) is 6.92 Å². The molecule has 0 atom stereocenters. The first kappa shape index (κ1) is 13.7. The molecule has 0 aromatic rings. The molecule has 0 rings (SSSR count). The molecule has 70 valence electrons. The highest BCUT2D eigenvalue weighted by atomic mass is 19.1. The van der Waals surface area contributed by atoms with Gasteiger partial charge in [0.2, 0.25) is 0 Å². The number of hydrogen-bond donors (Lipinski definition) is 0. The van der Waals surface area contributed by atoms with Gasteiger partial charge >= 0.3 is 0 Å². The third-order valence-corrected chi connectivity index (χ3v) is 1.15. The molecule has 0 aromatic heterocycles. The molecular weight excluding hydrogens is 158 g/mol. The molecule has 0 aliphatic rings. The average Bonchev–Trinajstić information content (AvgIpc) is 2.08. The maximum Gasteiger partial charge on any atom is 0.128 e. The van der Waals surface area contributed by atoms with Crippen LogP contribution in [-0.2, 0) is 0 Å². The van der Waals surface area contributed by atoms with Gasteiger partial charge in [-0.05, 0) is 12.5 Å². The lowest BCUT2D eigenvalue weighted by atomic mass is 10.1. The van der Waals surface area contributed by atoms with Gasteiger partial charge in [0, 0.05) is 5.57 Å². The van der Waals surface area contributed by atoms with Crippen molar-refractivity contribution >= 4 is 0 Å². The van der Waals surface area contributed by atoms with Crippen LogP contribution in [0.3, 0.4) is 0 Å². The van der Waals surface area contributed by atoms with Crippen LogP contribution in [0.15, 0.2) is 36.5 Å². The molecule has 0 nitrogen and oxygen atoms in total. The summed E-state index contributed by atoms with van der Waals surface area (Å²) < 4.78 is 24.8. The molecule has 0 heterocycles. The van der Waals surface area contributed by atoms with Gasteiger partial charge in [-0.25, -0.2) is 8.78 Å². The Bertz CT molecular complexity index is 178. The van der Waals surface area contributed by atoms with E-state index in [0.717, 1.165) is 6.08 Å². The quantitative estimate of drug-likeness (QED) is 0.559. The molecule has 0 N–H and O–H groups in total. The van der Waals surface area contributed by atoms with E-state index >= 15 is 0 Å². The fourth-order valence-electron chi connectivity index (χ4n) is 0.613. The summed E-state index contributed by atoms with van der Waals surface area (Å²) in [5, 5.41) is 0. The highest BCUT2D eigenvalue weighted by molar-refractivity contribution is 5.30. The summed E-state index contributed by atoms with van der Waals surface area (Å²) in [6.45, 7) is 11.8. The Morgan fingerprint density at radius 1 is 1.33 bits per heavy atom. The molecule has 0 bridgehead atoms. The van der Waals surface area contributed by atoms with E-state index in [4.69, 9.17) is 0 Å². The molecule has 0 spiro atoms. The van der Waals surface area contributed by atoms with Gasteiger partial charge in [-0.15, -0.1) is 0 Å². The fraction of sp³-hybridized carbons (Fsp3) is 0.400. The molecule has 0 aliphatic carbocycles. The first-order chi connectivity index (χ1) is 5.63. The normalized spacial score (nSPS) is 10.8. The third-order valence-electron chi connectivity index (χ3n) is 1.15. The smallest absolute Gasteiger partial charge is 0.128 e. The third kappa shape index (κ3) is 4.83. The van der Waals surface area contributed by atoms with E-state index < -0.39 is 11.7 Å². The molecule has 0 fully saturated rings. The van der Waals surface area contributed by atoms with E-state index in [-0.39, 0.29) is 5.57 Å². The Labute approximate surface area is 73.3 Å². The van der Waals surface area contributed by atoms with Crippen LogP contribution in [0.5, 0.6) is 0 Å². The maximum atomic E-state index is 12.5. The number of rotatable bonds is 3. The summed E-state index contributed by atoms with van der Waals surface area (Å²) in [5.74, 6) is -1.35. The zero-order chi connectivity index (χ0) is 10.1. The fourth-order valence-corrected chi connectivity index (χ4v) is 0.613. The Balaban J connectivity index is 0. The van der Waals surface area contributed by atoms with Crippen LogP contribution in [-0.4, -0.2) is 0 Å². The lowest BCUT2D eigenvalue weighted by Crippen LogP contribution is -1.83. The molecule has 0 aromatic carbocycles. The molecule has 0 saturated carbocycles. The second kappa shape index (κ2) is 8.18. The van der Waals surface area contributed by atoms with Crippen molar-refractivity contribution in [2.45, 2.75) is 27.2 Å². The highest BCUT2D eigenvalue weighted by Crippen LogP contribution is 2.19. The summed E-state index contributed by atoms with van der Waals surface area (Å²) in [6, 6.07) is 0. The van der Waals surface area contributed by atoms with Crippen molar-refractivity contribution < 1.29 is 8.78 Å². The lowest BCUT2D eigenvalue weighted by Gasteiger charge is -1.98. The van der Waals surface area contributed by atoms with Crippen LogP contribution in [0.1, 0.15) is 27.2 Å². The Morgan fingerprint density at radius 3 is 1.83 bits per heavy atom. The first-order valence-corrected chi connectivity index (χ1v) is 3.99. The van der Waals surface area contributed by atoms with Crippen LogP contribution in [0.4, 0.5) is 8.78 Å². The number of halogens is 2. The van der Waals surface area contributed by atoms with Gasteiger partial charge in [-0.1, -0.05) is 33.9 Å². The van der Waals surface area contributed by atoms with Crippen LogP contribution < -0.4 is 0 Å². The molecule has 0 aliphatic heterocycles. The van der Waals surface area contributed by atoms with E-state index in [2.05, 4.69) is 13.2 Å². The minimum atomic E-state index is -0.722. The van der Waals surface area contributed by atoms with Crippen molar-refractivity contribution in [3.63, 3.8) is 0 Å². The zero-order valence-corrected chi connectivity index (χ0v) is 7.95. The Hall–Kier alpha value is -0.920. The van der Waals surface area contributed by atoms with Crippen LogP contribution in [0, 0.1) is 0 Å². The maximum absolute atomic E-state index is 12.5. The van der Waals surface area contributed by atoms with Gasteiger partial charge in [0.25, 0.3) is 0 Å². The van der Waals surface area contributed by atoms with Crippen molar-refractivity contribution in [1.82, 2.24) is 0 Å². The van der Waals surface area contributed by atoms with Crippen molar-refractivity contribution in [2.24, 2.45) is 0 Å². The largest absolute Gasteiger partial charge is 0.207 e. The second-order valence-electron chi connectivity index (χ2n) is 1.79. The van der Waals surface area contributed by atoms with E-state index in [0.29, 0.717) is 6.42 Å². The standard InChI is InChI=1S/C8H10F2.C2H6/c1-4-7(6(3)9)8(10)5-2;1-2/h5H,2-4H2,1H3;1-2H3/b8-7+;. The van der Waals surface area contributed by atoms with Gasteiger partial charge < -0.3 is 0 Å². The summed E-state index contributed by atoms with van der Waals surface area (Å²) in [7, 11) is 0. The van der Waals surface area contributed by atoms with E-state index in [9.17, 15) is 8.78 Å². The van der Waals surface area contributed by atoms with Gasteiger partial charge in [0.15, 0.2) is 0 Å². The number of allylic oxidation sites excluding steroid dienone is 4. The van der Waals surface area contributed by atoms with Crippen LogP contribution in [0.2, 0.25) is 0 Å². The van der Waals surface area contributed by atoms with E-state index in [1.165, 1.54) is 0 Å². The molecule has 2 heteroatoms. The molecular formula is C10H16F2. The summed E-state index contributed by atoms with van der Waals surface area (Å²) in [4.78, 5) is 0. The van der Waals surface area contributed by atoms with Crippen molar-refractivity contribution in [3.8, 4) is 0 Å². The minimum absolute atomic E-state index is 0.00463. The molecule has 0 unspecified atom stereocenters. The van der Waals surface area contributed by atoms with E-state index in [1.807, 2.05) is 13.8 Å². The van der Waals surface area contributed by atoms with Crippen LogP contribution >= 0.6 is 0 Å². The molecule has 0 saturated heterocycles. The van der Waals surface area contributed by atoms with Crippen molar-refractivity contribution in [3.05, 3.63) is 36.5 Å². The lowest BCUT2D eigenvalue weighted by molar-refractivity contribution is 0.603. The Morgan fingerprint density at radius 2 is 1.75 bits per heavy atom. The predicted molar refractivity (Wildman–Crippen MR) is 50.2 cm³/mol. The summed E-state index contributed by atoms with van der Waals surface area (Å²) >= 11 is 0. The average molecular weight is 174 g/mol. The SMILES string of the molecule is C=C/C(F)=C(/CC)C(=C)F.CC. The van der Waals surface area contributed by atoms with Crippen LogP contribution in [0.25, 0.3) is 0 Å². The minimum Gasteiger partial charge on any atom is -0.207 e. The van der Waals surface area contributed by atoms with Crippen molar-refractivity contribution in [2.75, 3.05) is 0 Å². The predicted octanol–water partition coefficient (Wildman–Crippen LogP) is 4.32. The van der Waals surface area contributed by atoms with Crippen molar-refractivity contribution in [1.29, 1.82) is 0 Å². The van der Waals surface area contributed by atoms with Gasteiger partial charge in [-0.2, -0.15) is 0 Å². The number of hydrogen-bond acceptors (Lipinski definition) is 0. The monoisotopic (exact) mass is 174 g/mol.